The maximum Gasteiger partial charge on any atom is 5.00 e. The van der Waals surface area contributed by atoms with Crippen LogP contribution < -0.4 is 0 Å². The summed E-state index contributed by atoms with van der Waals surface area (Å²) in [6.07, 6.45) is 0. The average Bonchev–Trinajstić information content (AvgIpc) is 0. The van der Waals surface area contributed by atoms with Gasteiger partial charge in [-0.1, -0.05) is 0 Å². The molecule has 0 N–H and O–H groups in total. The van der Waals surface area contributed by atoms with Crippen LogP contribution >= 0.6 is 0 Å². The van der Waals surface area contributed by atoms with Crippen LogP contribution in [0.4, 0.5) is 0 Å². The van der Waals surface area contributed by atoms with Gasteiger partial charge >= 0.3 is 18.6 Å². The van der Waals surface area contributed by atoms with Crippen LogP contribution in [0.3, 0.4) is 0 Å². The molecule has 0 unspecified atom stereocenters. The molecule has 0 aromatic heterocycles. The van der Waals surface area contributed by atoms with Gasteiger partial charge in [0.1, 0.15) is 0 Å². The molecule has 0 aromatic rings. The molecule has 0 rings (SSSR count). The van der Waals surface area contributed by atoms with Gasteiger partial charge in [0.25, 0.3) is 0 Å². The Bertz CT molecular complexity index is 3.25. The van der Waals surface area contributed by atoms with Crippen molar-refractivity contribution in [3.63, 3.8) is 0 Å². The summed E-state index contributed by atoms with van der Waals surface area (Å²) in [5.41, 5.74) is 0. The molecular weight excluding hydrogens is 147 g/mol. The van der Waals surface area contributed by atoms with E-state index in [-0.39, 0.29) is 59.0 Å². The summed E-state index contributed by atoms with van der Waals surface area (Å²) in [6.45, 7) is 0. The van der Waals surface area contributed by atoms with Gasteiger partial charge in [-0.25, -0.2) is 0 Å². The second kappa shape index (κ2) is 22.9. The molecule has 0 spiro atoms. The summed E-state index contributed by atoms with van der Waals surface area (Å²) in [7, 11) is 0. The van der Waals surface area contributed by atoms with Crippen LogP contribution in [-0.4, -0.2) is 0 Å². The first-order valence-electron chi connectivity index (χ1n) is 0. The second-order valence-corrected chi connectivity index (χ2v) is 0. The third-order valence-corrected chi connectivity index (χ3v) is 0. The number of hydrogen-bond donors (Lipinski definition) is 0. The summed E-state index contributed by atoms with van der Waals surface area (Å²) >= 11 is 0. The zero-order valence-corrected chi connectivity index (χ0v) is 5.52. The fraction of sp³-hybridized carbons (Fsp3) is 0. The van der Waals surface area contributed by atoms with Gasteiger partial charge in [-0.05, 0) is 0 Å². The fourth-order valence-electron chi connectivity index (χ4n) is 0. The molecule has 0 saturated heterocycles. The van der Waals surface area contributed by atoms with Crippen LogP contribution in [0.15, 0.2) is 0 Å². The van der Waals surface area contributed by atoms with Crippen molar-refractivity contribution < 1.29 is 18.6 Å². The monoisotopic (exact) mass is 147 g/mol. The molecule has 0 bridgehead atoms. The Morgan fingerprint density at radius 1 is 0.500 bits per heavy atom. The zero-order chi connectivity index (χ0) is 0. The van der Waals surface area contributed by atoms with Crippen LogP contribution in [0.2, 0.25) is 0 Å². The van der Waals surface area contributed by atoms with Crippen molar-refractivity contribution in [2.45, 2.75) is 0 Å². The van der Waals surface area contributed by atoms with Gasteiger partial charge in [-0.15, -0.1) is 0 Å². The summed E-state index contributed by atoms with van der Waals surface area (Å²) in [5.74, 6) is 0. The minimum absolute atomic E-state index is 0. The Balaban J connectivity index is 0. The normalized spacial score (nSPS) is 0. The molecular formula is S3V-. The smallest absolute Gasteiger partial charge is 2.00 e. The first kappa shape index (κ1) is 45.3. The molecule has 0 radical (unpaired) electrons. The Labute approximate surface area is 59.0 Å². The van der Waals surface area contributed by atoms with Gasteiger partial charge < -0.3 is 40.5 Å². The molecule has 0 aliphatic rings. The van der Waals surface area contributed by atoms with E-state index in [2.05, 4.69) is 0 Å². The maximum atomic E-state index is 0. The quantitative estimate of drug-likeness (QED) is 0.452. The molecule has 4 heteroatoms. The Morgan fingerprint density at radius 2 is 0.500 bits per heavy atom. The van der Waals surface area contributed by atoms with Crippen molar-refractivity contribution in [2.24, 2.45) is 0 Å². The third kappa shape index (κ3) is 9.44. The molecule has 0 aromatic carbocycles. The van der Waals surface area contributed by atoms with E-state index in [0.717, 1.165) is 0 Å². The van der Waals surface area contributed by atoms with Crippen molar-refractivity contribution in [1.82, 2.24) is 0 Å². The van der Waals surface area contributed by atoms with E-state index in [1.807, 2.05) is 0 Å². The van der Waals surface area contributed by atoms with Crippen LogP contribution in [0.1, 0.15) is 0 Å². The first-order chi connectivity index (χ1) is 0. The predicted octanol–water partition coefficient (Wildman–Crippen LogP) is -0.00970. The molecule has 0 aliphatic heterocycles. The summed E-state index contributed by atoms with van der Waals surface area (Å²) in [6, 6.07) is 0. The van der Waals surface area contributed by atoms with E-state index >= 15 is 0 Å². The molecule has 0 atom stereocenters. The Morgan fingerprint density at radius 3 is 0.500 bits per heavy atom. The third-order valence-electron chi connectivity index (χ3n) is 0. The van der Waals surface area contributed by atoms with Gasteiger partial charge in [-0.3, -0.25) is 0 Å². The number of rotatable bonds is 0. The van der Waals surface area contributed by atoms with Gasteiger partial charge in [0, 0.05) is 0 Å². The zero-order valence-electron chi connectivity index (χ0n) is 1.67. The number of hydrogen-bond acceptors (Lipinski definition) is 0. The van der Waals surface area contributed by atoms with Crippen LogP contribution in [0, 0.1) is 0 Å². The Hall–Kier alpha value is 1.63. The van der Waals surface area contributed by atoms with Crippen molar-refractivity contribution in [3.8, 4) is 0 Å². The van der Waals surface area contributed by atoms with Crippen molar-refractivity contribution in [2.75, 3.05) is 0 Å². The van der Waals surface area contributed by atoms with E-state index in [1.165, 1.54) is 0 Å². The molecule has 0 aliphatic carbocycles. The van der Waals surface area contributed by atoms with Crippen molar-refractivity contribution in [3.05, 3.63) is 0 Å². The van der Waals surface area contributed by atoms with Gasteiger partial charge in [0.15, 0.2) is 0 Å². The van der Waals surface area contributed by atoms with E-state index in [1.54, 1.807) is 0 Å². The average molecular weight is 147 g/mol. The molecule has 24 valence electrons. The minimum atomic E-state index is 0. The van der Waals surface area contributed by atoms with E-state index in [9.17, 15) is 0 Å². The molecule has 4 heavy (non-hydrogen) atoms. The SMILES string of the molecule is [S-2].[S-2].[S-2].[V+5]. The standard InChI is InChI=1S/3S.V/q3*-2;+5. The van der Waals surface area contributed by atoms with E-state index in [0.29, 0.717) is 0 Å². The maximum absolute atomic E-state index is 0. The van der Waals surface area contributed by atoms with Gasteiger partial charge in [0.2, 0.25) is 0 Å². The first-order valence-corrected chi connectivity index (χ1v) is 0. The molecule has 0 nitrogen and oxygen atoms in total. The van der Waals surface area contributed by atoms with Gasteiger partial charge in [0.05, 0.1) is 0 Å². The van der Waals surface area contributed by atoms with Gasteiger partial charge in [-0.2, -0.15) is 0 Å². The van der Waals surface area contributed by atoms with E-state index < -0.39 is 0 Å². The van der Waals surface area contributed by atoms with Crippen LogP contribution in [0.5, 0.6) is 0 Å². The summed E-state index contributed by atoms with van der Waals surface area (Å²) in [5, 5.41) is 0. The topological polar surface area (TPSA) is 0 Å². The van der Waals surface area contributed by atoms with Crippen molar-refractivity contribution >= 4 is 40.5 Å². The minimum Gasteiger partial charge on any atom is -2.00 e. The molecule has 0 amide bonds. The molecule has 0 heterocycles. The summed E-state index contributed by atoms with van der Waals surface area (Å²) in [4.78, 5) is 0. The van der Waals surface area contributed by atoms with Crippen LogP contribution in [-0.2, 0) is 59.0 Å². The summed E-state index contributed by atoms with van der Waals surface area (Å²) < 4.78 is 0. The van der Waals surface area contributed by atoms with Crippen molar-refractivity contribution in [1.29, 1.82) is 0 Å². The molecule has 0 fully saturated rings. The second-order valence-electron chi connectivity index (χ2n) is 0. The molecule has 0 saturated carbocycles. The fourth-order valence-corrected chi connectivity index (χ4v) is 0. The van der Waals surface area contributed by atoms with E-state index in [4.69, 9.17) is 0 Å². The van der Waals surface area contributed by atoms with Crippen LogP contribution in [0.25, 0.3) is 0 Å². The predicted molar refractivity (Wildman–Crippen MR) is 22.1 cm³/mol. The Kier molecular flexibility index (Phi) is 260. The largest absolute Gasteiger partial charge is 5.00 e.